The summed E-state index contributed by atoms with van der Waals surface area (Å²) in [6.45, 7) is 2.36. The number of para-hydroxylation sites is 1. The van der Waals surface area contributed by atoms with Gasteiger partial charge in [0.25, 0.3) is 0 Å². The molecule has 0 atom stereocenters. The Balaban J connectivity index is 1.47. The van der Waals surface area contributed by atoms with Gasteiger partial charge in [0.1, 0.15) is 17.1 Å². The number of carbonyl (C=O) groups is 2. The molecule has 6 rings (SSSR count). The molecule has 0 amide bonds. The van der Waals surface area contributed by atoms with Gasteiger partial charge in [0.05, 0.1) is 36.2 Å². The zero-order valence-electron chi connectivity index (χ0n) is 21.8. The summed E-state index contributed by atoms with van der Waals surface area (Å²) in [6.07, 6.45) is -3.71. The number of halogens is 3. The summed E-state index contributed by atoms with van der Waals surface area (Å²) in [5, 5.41) is 5.44. The van der Waals surface area contributed by atoms with Crippen molar-refractivity contribution in [3.63, 3.8) is 0 Å². The van der Waals surface area contributed by atoms with Gasteiger partial charge in [0, 0.05) is 24.0 Å². The zero-order valence-corrected chi connectivity index (χ0v) is 21.8. The maximum atomic E-state index is 12.7. The van der Waals surface area contributed by atoms with E-state index in [1.54, 1.807) is 22.8 Å². The van der Waals surface area contributed by atoms with E-state index < -0.39 is 18.1 Å². The van der Waals surface area contributed by atoms with E-state index in [0.717, 1.165) is 16.6 Å². The second-order valence-electron chi connectivity index (χ2n) is 9.26. The number of imidazole rings is 1. The fraction of sp³-hybridized carbons (Fsp3) is 0.167. The molecule has 0 N–H and O–H groups in total. The van der Waals surface area contributed by atoms with Crippen molar-refractivity contribution < 1.29 is 32.2 Å². The molecule has 0 saturated carbocycles. The van der Waals surface area contributed by atoms with Crippen molar-refractivity contribution in [2.24, 2.45) is 0 Å². The van der Waals surface area contributed by atoms with Gasteiger partial charge in [-0.3, -0.25) is 0 Å². The number of esters is 2. The van der Waals surface area contributed by atoms with E-state index in [-0.39, 0.29) is 5.56 Å². The summed E-state index contributed by atoms with van der Waals surface area (Å²) in [5.74, 6) is 2.07. The van der Waals surface area contributed by atoms with E-state index in [1.165, 1.54) is 18.2 Å². The first-order valence-corrected chi connectivity index (χ1v) is 12.8. The van der Waals surface area contributed by atoms with Gasteiger partial charge in [-0.05, 0) is 42.2 Å². The number of rotatable bonds is 3. The Morgan fingerprint density at radius 1 is 0.929 bits per heavy atom. The van der Waals surface area contributed by atoms with Gasteiger partial charge in [0.15, 0.2) is 5.65 Å². The molecule has 2 aromatic carbocycles. The van der Waals surface area contributed by atoms with E-state index in [1.807, 2.05) is 36.4 Å². The van der Waals surface area contributed by atoms with Crippen molar-refractivity contribution in [3.8, 4) is 23.1 Å². The standard InChI is InChI=1S/C30H20F3N5O4/c31-30(32,33)29(40)42-28(39)21-6-3-5-20(18-21)26-24(11-10-22-9-8-19-4-1-2-7-23(19)35-22)36-27-25(12-13-34-38(26)27)37-14-16-41-17-15-37/h1-9,12-13,18H,14-17H2. The van der Waals surface area contributed by atoms with Crippen LogP contribution in [0.15, 0.2) is 72.9 Å². The lowest BCUT2D eigenvalue weighted by atomic mass is 10.1. The summed E-state index contributed by atoms with van der Waals surface area (Å²) in [6, 6.07) is 18.8. The Kier molecular flexibility index (Phi) is 7.02. The predicted octanol–water partition coefficient (Wildman–Crippen LogP) is 4.43. The molecule has 1 saturated heterocycles. The minimum atomic E-state index is -5.31. The fourth-order valence-electron chi connectivity index (χ4n) is 4.59. The number of benzene rings is 2. The van der Waals surface area contributed by atoms with Crippen LogP contribution in [0.5, 0.6) is 0 Å². The van der Waals surface area contributed by atoms with Crippen LogP contribution in [0.4, 0.5) is 18.9 Å². The highest BCUT2D eigenvalue weighted by Crippen LogP contribution is 2.30. The topological polar surface area (TPSA) is 98.9 Å². The Hall–Kier alpha value is -5.28. The smallest absolute Gasteiger partial charge is 0.383 e. The average molecular weight is 572 g/mol. The number of nitrogens with zero attached hydrogens (tertiary/aromatic N) is 5. The first kappa shape index (κ1) is 26.9. The molecule has 0 radical (unpaired) electrons. The quantitative estimate of drug-likeness (QED) is 0.178. The average Bonchev–Trinajstić information content (AvgIpc) is 3.38. The molecule has 4 heterocycles. The number of hydrogen-bond donors (Lipinski definition) is 0. The number of aromatic nitrogens is 4. The molecular weight excluding hydrogens is 551 g/mol. The normalized spacial score (nSPS) is 13.5. The Labute approximate surface area is 236 Å². The first-order valence-electron chi connectivity index (χ1n) is 12.8. The number of anilines is 1. The van der Waals surface area contributed by atoms with Crippen LogP contribution in [-0.2, 0) is 14.3 Å². The lowest BCUT2D eigenvalue weighted by Gasteiger charge is -2.28. The van der Waals surface area contributed by atoms with Gasteiger partial charge >= 0.3 is 18.1 Å². The second kappa shape index (κ2) is 10.9. The van der Waals surface area contributed by atoms with Gasteiger partial charge in [-0.1, -0.05) is 36.4 Å². The Morgan fingerprint density at radius 3 is 2.55 bits per heavy atom. The zero-order chi connectivity index (χ0) is 29.3. The summed E-state index contributed by atoms with van der Waals surface area (Å²) < 4.78 is 49.1. The number of pyridine rings is 1. The molecule has 1 aliphatic rings. The first-order chi connectivity index (χ1) is 20.3. The van der Waals surface area contributed by atoms with Gasteiger partial charge in [-0.15, -0.1) is 0 Å². The third-order valence-corrected chi connectivity index (χ3v) is 6.55. The number of alkyl halides is 3. The number of ether oxygens (including phenoxy) is 2. The van der Waals surface area contributed by atoms with E-state index in [0.29, 0.717) is 54.6 Å². The van der Waals surface area contributed by atoms with Crippen LogP contribution in [0.25, 0.3) is 27.8 Å². The molecule has 5 aromatic rings. The molecule has 12 heteroatoms. The van der Waals surface area contributed by atoms with Crippen molar-refractivity contribution in [3.05, 3.63) is 89.9 Å². The SMILES string of the molecule is O=C(OC(=O)C(F)(F)F)c1cccc(-c2c(C#Cc3ccc4ccccc4n3)nc3c(N4CCOCC4)ccnn23)c1. The van der Waals surface area contributed by atoms with E-state index in [4.69, 9.17) is 9.72 Å². The molecule has 210 valence electrons. The third-order valence-electron chi connectivity index (χ3n) is 6.55. The highest BCUT2D eigenvalue weighted by molar-refractivity contribution is 5.99. The molecule has 0 spiro atoms. The highest BCUT2D eigenvalue weighted by Gasteiger charge is 2.42. The van der Waals surface area contributed by atoms with Gasteiger partial charge in [0.2, 0.25) is 0 Å². The van der Waals surface area contributed by atoms with Crippen LogP contribution in [-0.4, -0.2) is 64.0 Å². The minimum absolute atomic E-state index is 0.264. The molecule has 0 bridgehead atoms. The van der Waals surface area contributed by atoms with Crippen LogP contribution in [0, 0.1) is 11.8 Å². The molecule has 1 aliphatic heterocycles. The van der Waals surface area contributed by atoms with E-state index >= 15 is 0 Å². The second-order valence-corrected chi connectivity index (χ2v) is 9.26. The molecule has 0 aliphatic carbocycles. The summed E-state index contributed by atoms with van der Waals surface area (Å²) in [4.78, 5) is 35.2. The highest BCUT2D eigenvalue weighted by atomic mass is 19.4. The van der Waals surface area contributed by atoms with E-state index in [2.05, 4.69) is 31.6 Å². The largest absolute Gasteiger partial charge is 0.491 e. The van der Waals surface area contributed by atoms with Gasteiger partial charge < -0.3 is 14.4 Å². The van der Waals surface area contributed by atoms with Crippen LogP contribution >= 0.6 is 0 Å². The van der Waals surface area contributed by atoms with Crippen molar-refractivity contribution in [1.29, 1.82) is 0 Å². The van der Waals surface area contributed by atoms with Crippen LogP contribution in [0.3, 0.4) is 0 Å². The Bertz CT molecular complexity index is 1900. The molecular formula is C30H20F3N5O4. The summed E-state index contributed by atoms with van der Waals surface area (Å²) >= 11 is 0. The van der Waals surface area contributed by atoms with Crippen molar-refractivity contribution in [2.75, 3.05) is 31.2 Å². The predicted molar refractivity (Wildman–Crippen MR) is 146 cm³/mol. The molecule has 9 nitrogen and oxygen atoms in total. The monoisotopic (exact) mass is 571 g/mol. The molecule has 0 unspecified atom stereocenters. The number of morpholine rings is 1. The lowest BCUT2D eigenvalue weighted by Crippen LogP contribution is -2.36. The fourth-order valence-corrected chi connectivity index (χ4v) is 4.59. The van der Waals surface area contributed by atoms with Gasteiger partial charge in [-0.2, -0.15) is 18.3 Å². The number of fused-ring (bicyclic) bond motifs is 2. The van der Waals surface area contributed by atoms with Crippen molar-refractivity contribution in [1.82, 2.24) is 19.6 Å². The maximum Gasteiger partial charge on any atom is 0.491 e. The number of hydrogen-bond acceptors (Lipinski definition) is 8. The summed E-state index contributed by atoms with van der Waals surface area (Å²) in [7, 11) is 0. The van der Waals surface area contributed by atoms with Gasteiger partial charge in [-0.25, -0.2) is 24.1 Å². The van der Waals surface area contributed by atoms with Crippen molar-refractivity contribution in [2.45, 2.75) is 6.18 Å². The lowest BCUT2D eigenvalue weighted by molar-refractivity contribution is -0.193. The van der Waals surface area contributed by atoms with Crippen LogP contribution in [0.1, 0.15) is 21.7 Å². The molecule has 3 aromatic heterocycles. The van der Waals surface area contributed by atoms with E-state index in [9.17, 15) is 22.8 Å². The third kappa shape index (κ3) is 5.37. The Morgan fingerprint density at radius 2 is 1.74 bits per heavy atom. The molecule has 42 heavy (non-hydrogen) atoms. The summed E-state index contributed by atoms with van der Waals surface area (Å²) in [5.41, 5.74) is 3.36. The number of carbonyl (C=O) groups excluding carboxylic acids is 2. The van der Waals surface area contributed by atoms with Crippen LogP contribution in [0.2, 0.25) is 0 Å². The maximum absolute atomic E-state index is 12.7. The van der Waals surface area contributed by atoms with Crippen molar-refractivity contribution >= 4 is 34.2 Å². The minimum Gasteiger partial charge on any atom is -0.383 e. The van der Waals surface area contributed by atoms with Crippen LogP contribution < -0.4 is 4.90 Å². The molecule has 1 fully saturated rings.